The van der Waals surface area contributed by atoms with Crippen molar-refractivity contribution in [1.29, 1.82) is 0 Å². The third-order valence-corrected chi connectivity index (χ3v) is 4.09. The Hall–Kier alpha value is -1.81. The van der Waals surface area contributed by atoms with Crippen molar-refractivity contribution in [3.63, 3.8) is 0 Å². The summed E-state index contributed by atoms with van der Waals surface area (Å²) in [5, 5.41) is 0.772. The molecule has 1 aromatic carbocycles. The average molecular weight is 287 g/mol. The SMILES string of the molecule is CCN(CC)Cc1c(C)[nH]c2cc(N(C)C)ccc2c1=O. The van der Waals surface area contributed by atoms with Gasteiger partial charge in [0.2, 0.25) is 0 Å². The Kier molecular flexibility index (Phi) is 4.68. The number of hydrogen-bond donors (Lipinski definition) is 1. The van der Waals surface area contributed by atoms with E-state index < -0.39 is 0 Å². The summed E-state index contributed by atoms with van der Waals surface area (Å²) in [4.78, 5) is 20.4. The van der Waals surface area contributed by atoms with Crippen LogP contribution in [0.5, 0.6) is 0 Å². The fourth-order valence-electron chi connectivity index (χ4n) is 2.58. The second kappa shape index (κ2) is 6.31. The van der Waals surface area contributed by atoms with Gasteiger partial charge in [0.15, 0.2) is 5.43 Å². The summed E-state index contributed by atoms with van der Waals surface area (Å²) < 4.78 is 0. The summed E-state index contributed by atoms with van der Waals surface area (Å²) in [5.41, 5.74) is 4.00. The summed E-state index contributed by atoms with van der Waals surface area (Å²) in [5.74, 6) is 0. The maximum Gasteiger partial charge on any atom is 0.194 e. The molecule has 0 fully saturated rings. The highest BCUT2D eigenvalue weighted by Crippen LogP contribution is 2.19. The Bertz CT molecular complexity index is 684. The molecule has 0 atom stereocenters. The number of pyridine rings is 1. The Morgan fingerprint density at radius 1 is 1.14 bits per heavy atom. The van der Waals surface area contributed by atoms with Crippen LogP contribution < -0.4 is 10.3 Å². The van der Waals surface area contributed by atoms with Crippen molar-refractivity contribution < 1.29 is 0 Å². The van der Waals surface area contributed by atoms with E-state index in [1.807, 2.05) is 44.1 Å². The van der Waals surface area contributed by atoms with Crippen molar-refractivity contribution in [2.24, 2.45) is 0 Å². The van der Waals surface area contributed by atoms with Crippen molar-refractivity contribution >= 4 is 16.6 Å². The summed E-state index contributed by atoms with van der Waals surface area (Å²) in [6, 6.07) is 5.95. The van der Waals surface area contributed by atoms with E-state index in [1.54, 1.807) is 0 Å². The molecule has 0 aliphatic heterocycles. The fraction of sp³-hybridized carbons (Fsp3) is 0.471. The molecule has 0 aliphatic carbocycles. The minimum absolute atomic E-state index is 0.151. The Balaban J connectivity index is 2.55. The first-order valence-corrected chi connectivity index (χ1v) is 7.53. The lowest BCUT2D eigenvalue weighted by Gasteiger charge is -2.19. The van der Waals surface area contributed by atoms with Crippen LogP contribution in [0.25, 0.3) is 10.9 Å². The molecule has 0 bridgehead atoms. The van der Waals surface area contributed by atoms with Gasteiger partial charge in [0.1, 0.15) is 0 Å². The van der Waals surface area contributed by atoms with Crippen LogP contribution in [0.2, 0.25) is 0 Å². The maximum atomic E-state index is 12.7. The minimum Gasteiger partial charge on any atom is -0.378 e. The Labute approximate surface area is 126 Å². The zero-order valence-corrected chi connectivity index (χ0v) is 13.7. The van der Waals surface area contributed by atoms with Gasteiger partial charge in [-0.1, -0.05) is 13.8 Å². The number of hydrogen-bond acceptors (Lipinski definition) is 3. The van der Waals surface area contributed by atoms with Crippen molar-refractivity contribution in [3.05, 3.63) is 39.7 Å². The quantitative estimate of drug-likeness (QED) is 0.919. The van der Waals surface area contributed by atoms with Crippen LogP contribution >= 0.6 is 0 Å². The number of H-pyrrole nitrogens is 1. The molecule has 2 aromatic rings. The summed E-state index contributed by atoms with van der Waals surface area (Å²) in [7, 11) is 4.00. The molecule has 0 amide bonds. The second-order valence-electron chi connectivity index (χ2n) is 5.64. The van der Waals surface area contributed by atoms with E-state index >= 15 is 0 Å². The van der Waals surface area contributed by atoms with E-state index in [0.29, 0.717) is 6.54 Å². The number of benzene rings is 1. The van der Waals surface area contributed by atoms with E-state index in [1.165, 1.54) is 0 Å². The van der Waals surface area contributed by atoms with Gasteiger partial charge in [-0.15, -0.1) is 0 Å². The van der Waals surface area contributed by atoms with E-state index in [0.717, 1.165) is 40.9 Å². The fourth-order valence-corrected chi connectivity index (χ4v) is 2.58. The van der Waals surface area contributed by atoms with E-state index in [2.05, 4.69) is 23.7 Å². The number of aryl methyl sites for hydroxylation is 1. The minimum atomic E-state index is 0.151. The Morgan fingerprint density at radius 3 is 2.38 bits per heavy atom. The first-order chi connectivity index (χ1) is 9.97. The van der Waals surface area contributed by atoms with Gasteiger partial charge in [0.05, 0.1) is 5.52 Å². The molecular weight excluding hydrogens is 262 g/mol. The molecule has 1 heterocycles. The monoisotopic (exact) mass is 287 g/mol. The largest absolute Gasteiger partial charge is 0.378 e. The molecule has 4 heteroatoms. The van der Waals surface area contributed by atoms with Gasteiger partial charge in [0, 0.05) is 43.0 Å². The lowest BCUT2D eigenvalue weighted by Crippen LogP contribution is -2.27. The number of nitrogens with one attached hydrogen (secondary N) is 1. The molecular formula is C17H25N3O. The lowest BCUT2D eigenvalue weighted by atomic mass is 10.1. The van der Waals surface area contributed by atoms with Crippen molar-refractivity contribution in [2.75, 3.05) is 32.1 Å². The van der Waals surface area contributed by atoms with Gasteiger partial charge in [0.25, 0.3) is 0 Å². The maximum absolute atomic E-state index is 12.7. The van der Waals surface area contributed by atoms with Crippen LogP contribution in [0, 0.1) is 6.92 Å². The summed E-state index contributed by atoms with van der Waals surface area (Å²) in [6.07, 6.45) is 0. The molecule has 1 aromatic heterocycles. The normalized spacial score (nSPS) is 11.3. The van der Waals surface area contributed by atoms with Gasteiger partial charge in [-0.3, -0.25) is 9.69 Å². The van der Waals surface area contributed by atoms with Crippen molar-refractivity contribution in [3.8, 4) is 0 Å². The highest BCUT2D eigenvalue weighted by Gasteiger charge is 2.12. The van der Waals surface area contributed by atoms with E-state index in [4.69, 9.17) is 0 Å². The smallest absolute Gasteiger partial charge is 0.194 e. The average Bonchev–Trinajstić information content (AvgIpc) is 2.46. The van der Waals surface area contributed by atoms with Gasteiger partial charge in [-0.05, 0) is 38.2 Å². The van der Waals surface area contributed by atoms with Crippen molar-refractivity contribution in [2.45, 2.75) is 27.3 Å². The predicted octanol–water partition coefficient (Wildman–Crippen LogP) is 2.74. The van der Waals surface area contributed by atoms with Crippen molar-refractivity contribution in [1.82, 2.24) is 9.88 Å². The van der Waals surface area contributed by atoms with Crippen LogP contribution in [-0.4, -0.2) is 37.1 Å². The zero-order chi connectivity index (χ0) is 15.6. The number of aromatic nitrogens is 1. The van der Waals surface area contributed by atoms with Crippen LogP contribution in [0.1, 0.15) is 25.1 Å². The summed E-state index contributed by atoms with van der Waals surface area (Å²) in [6.45, 7) is 8.84. The molecule has 4 nitrogen and oxygen atoms in total. The number of anilines is 1. The topological polar surface area (TPSA) is 39.3 Å². The van der Waals surface area contributed by atoms with Crippen LogP contribution in [0.3, 0.4) is 0 Å². The van der Waals surface area contributed by atoms with Gasteiger partial charge >= 0.3 is 0 Å². The first-order valence-electron chi connectivity index (χ1n) is 7.53. The number of aromatic amines is 1. The highest BCUT2D eigenvalue weighted by atomic mass is 16.1. The third kappa shape index (κ3) is 3.10. The predicted molar refractivity (Wildman–Crippen MR) is 90.3 cm³/mol. The first kappa shape index (κ1) is 15.6. The molecule has 0 saturated heterocycles. The lowest BCUT2D eigenvalue weighted by molar-refractivity contribution is 0.294. The highest BCUT2D eigenvalue weighted by molar-refractivity contribution is 5.83. The van der Waals surface area contributed by atoms with Crippen LogP contribution in [0.4, 0.5) is 5.69 Å². The molecule has 0 spiro atoms. The molecule has 21 heavy (non-hydrogen) atoms. The Morgan fingerprint density at radius 2 is 1.81 bits per heavy atom. The molecule has 114 valence electrons. The molecule has 0 aliphatic rings. The molecule has 0 unspecified atom stereocenters. The van der Waals surface area contributed by atoms with Crippen LogP contribution in [-0.2, 0) is 6.54 Å². The third-order valence-electron chi connectivity index (χ3n) is 4.09. The standard InChI is InChI=1S/C17H25N3O/c1-6-20(7-2)11-15-12(3)18-16-10-13(19(4)5)8-9-14(16)17(15)21/h8-10H,6-7,11H2,1-5H3,(H,18,21). The van der Waals surface area contributed by atoms with E-state index in [-0.39, 0.29) is 5.43 Å². The zero-order valence-electron chi connectivity index (χ0n) is 13.7. The van der Waals surface area contributed by atoms with Crippen LogP contribution in [0.15, 0.2) is 23.0 Å². The molecule has 0 radical (unpaired) electrons. The number of fused-ring (bicyclic) bond motifs is 1. The van der Waals surface area contributed by atoms with Gasteiger partial charge in [-0.25, -0.2) is 0 Å². The number of nitrogens with zero attached hydrogens (tertiary/aromatic N) is 2. The van der Waals surface area contributed by atoms with E-state index in [9.17, 15) is 4.79 Å². The second-order valence-corrected chi connectivity index (χ2v) is 5.64. The van der Waals surface area contributed by atoms with Gasteiger partial charge in [-0.2, -0.15) is 0 Å². The number of rotatable bonds is 5. The van der Waals surface area contributed by atoms with Gasteiger partial charge < -0.3 is 9.88 Å². The molecule has 2 rings (SSSR count). The molecule has 1 N–H and O–H groups in total. The molecule has 0 saturated carbocycles. The summed E-state index contributed by atoms with van der Waals surface area (Å²) >= 11 is 0.